The molecule has 0 amide bonds. The molecule has 0 aliphatic carbocycles. The van der Waals surface area contributed by atoms with Gasteiger partial charge in [-0.3, -0.25) is 0 Å². The second kappa shape index (κ2) is 9.94. The Morgan fingerprint density at radius 2 is 1.74 bits per heavy atom. The van der Waals surface area contributed by atoms with Gasteiger partial charge in [-0.2, -0.15) is 5.26 Å². The number of rotatable bonds is 7. The van der Waals surface area contributed by atoms with E-state index in [4.69, 9.17) is 9.15 Å². The van der Waals surface area contributed by atoms with Crippen LogP contribution in [-0.4, -0.2) is 22.5 Å². The van der Waals surface area contributed by atoms with Crippen molar-refractivity contribution in [1.82, 2.24) is 9.97 Å². The Bertz CT molecular complexity index is 1500. The van der Waals surface area contributed by atoms with Crippen LogP contribution in [0.2, 0.25) is 0 Å². The third-order valence-electron chi connectivity index (χ3n) is 5.55. The van der Waals surface area contributed by atoms with Crippen molar-refractivity contribution >= 4 is 28.7 Å². The van der Waals surface area contributed by atoms with Gasteiger partial charge in [-0.25, -0.2) is 9.78 Å². The molecule has 0 bridgehead atoms. The van der Waals surface area contributed by atoms with E-state index in [1.54, 1.807) is 24.3 Å². The highest BCUT2D eigenvalue weighted by atomic mass is 16.5. The molecule has 5 aromatic rings. The Morgan fingerprint density at radius 1 is 0.971 bits per heavy atom. The van der Waals surface area contributed by atoms with Crippen molar-refractivity contribution in [2.75, 3.05) is 6.61 Å². The number of benzene rings is 3. The third-order valence-corrected chi connectivity index (χ3v) is 5.55. The van der Waals surface area contributed by atoms with Crippen molar-refractivity contribution in [2.45, 2.75) is 6.42 Å². The van der Waals surface area contributed by atoms with Crippen molar-refractivity contribution in [3.63, 3.8) is 0 Å². The van der Waals surface area contributed by atoms with E-state index in [0.29, 0.717) is 41.5 Å². The Hall–Kier alpha value is -4.89. The molecular weight excluding hydrogens is 438 g/mol. The number of esters is 1. The number of nitrogens with one attached hydrogen (secondary N) is 1. The molecule has 0 saturated carbocycles. The van der Waals surface area contributed by atoms with Crippen LogP contribution in [0.5, 0.6) is 0 Å². The first-order chi connectivity index (χ1) is 17.2. The Morgan fingerprint density at radius 3 is 2.51 bits per heavy atom. The number of hydrogen-bond donors (Lipinski definition) is 1. The number of carbonyl (C=O) groups is 1. The average Bonchev–Trinajstić information content (AvgIpc) is 3.55. The van der Waals surface area contributed by atoms with E-state index in [9.17, 15) is 10.1 Å². The number of nitrogens with zero attached hydrogens (tertiary/aromatic N) is 2. The highest BCUT2D eigenvalue weighted by molar-refractivity contribution is 5.91. The topological polar surface area (TPSA) is 91.9 Å². The number of imidazole rings is 1. The number of para-hydroxylation sites is 2. The van der Waals surface area contributed by atoms with Gasteiger partial charge in [-0.05, 0) is 42.0 Å². The molecule has 3 aromatic carbocycles. The monoisotopic (exact) mass is 459 g/mol. The molecule has 0 atom stereocenters. The van der Waals surface area contributed by atoms with Gasteiger partial charge in [0.15, 0.2) is 0 Å². The molecular formula is C29H21N3O3. The van der Waals surface area contributed by atoms with Crippen molar-refractivity contribution in [3.05, 3.63) is 114 Å². The zero-order chi connectivity index (χ0) is 24.0. The average molecular weight is 460 g/mol. The summed E-state index contributed by atoms with van der Waals surface area (Å²) < 4.78 is 11.3. The Kier molecular flexibility index (Phi) is 6.23. The fraction of sp³-hybridized carbons (Fsp3) is 0.0690. The summed E-state index contributed by atoms with van der Waals surface area (Å²) in [5, 5.41) is 9.63. The number of aromatic nitrogens is 2. The molecule has 0 aliphatic rings. The molecule has 6 nitrogen and oxygen atoms in total. The van der Waals surface area contributed by atoms with Crippen molar-refractivity contribution in [1.29, 1.82) is 5.26 Å². The largest absolute Gasteiger partial charge is 0.462 e. The molecule has 170 valence electrons. The number of H-pyrrole nitrogens is 1. The van der Waals surface area contributed by atoms with Crippen molar-refractivity contribution in [3.8, 4) is 17.4 Å². The summed E-state index contributed by atoms with van der Waals surface area (Å²) in [6, 6.07) is 30.4. The molecule has 0 saturated heterocycles. The minimum absolute atomic E-state index is 0.324. The maximum atomic E-state index is 12.3. The number of aromatic amines is 1. The first-order valence-electron chi connectivity index (χ1n) is 11.2. The summed E-state index contributed by atoms with van der Waals surface area (Å²) in [7, 11) is 0. The normalized spacial score (nSPS) is 11.3. The summed E-state index contributed by atoms with van der Waals surface area (Å²) in [5.41, 5.74) is 4.44. The van der Waals surface area contributed by atoms with Gasteiger partial charge in [0.25, 0.3) is 0 Å². The van der Waals surface area contributed by atoms with Gasteiger partial charge in [0.2, 0.25) is 0 Å². The number of ether oxygens (including phenoxy) is 1. The number of furan rings is 1. The number of fused-ring (bicyclic) bond motifs is 1. The lowest BCUT2D eigenvalue weighted by Crippen LogP contribution is -2.08. The number of carbonyl (C=O) groups excluding carboxylic acids is 1. The number of hydrogen-bond acceptors (Lipinski definition) is 5. The molecule has 2 aromatic heterocycles. The lowest BCUT2D eigenvalue weighted by Gasteiger charge is -2.05. The van der Waals surface area contributed by atoms with Crippen molar-refractivity contribution < 1.29 is 13.9 Å². The first-order valence-corrected chi connectivity index (χ1v) is 11.2. The molecule has 1 N–H and O–H groups in total. The van der Waals surface area contributed by atoms with E-state index in [1.807, 2.05) is 72.8 Å². The summed E-state index contributed by atoms with van der Waals surface area (Å²) >= 11 is 0. The minimum atomic E-state index is -0.361. The summed E-state index contributed by atoms with van der Waals surface area (Å²) in [6.45, 7) is 0.324. The standard InChI is InChI=1S/C29H21N3O3/c30-19-23(28-31-25-8-4-5-9-26(25)32-28)18-24-14-15-27(35-24)21-10-12-22(13-11-21)29(33)34-17-16-20-6-2-1-3-7-20/h1-15,18H,16-17H2,(H,31,32)/b23-18-. The molecule has 35 heavy (non-hydrogen) atoms. The number of allylic oxidation sites excluding steroid dienone is 1. The molecule has 6 heteroatoms. The predicted molar refractivity (Wildman–Crippen MR) is 134 cm³/mol. The van der Waals surface area contributed by atoms with E-state index in [2.05, 4.69) is 16.0 Å². The fourth-order valence-electron chi connectivity index (χ4n) is 3.72. The molecule has 0 spiro atoms. The fourth-order valence-corrected chi connectivity index (χ4v) is 3.72. The molecule has 5 rings (SSSR count). The van der Waals surface area contributed by atoms with Crippen LogP contribution in [0, 0.1) is 11.3 Å². The van der Waals surface area contributed by atoms with E-state index >= 15 is 0 Å². The van der Waals surface area contributed by atoms with Crippen LogP contribution in [0.15, 0.2) is 95.4 Å². The Labute approximate surface area is 202 Å². The van der Waals surface area contributed by atoms with E-state index < -0.39 is 0 Å². The zero-order valence-corrected chi connectivity index (χ0v) is 18.8. The zero-order valence-electron chi connectivity index (χ0n) is 18.8. The van der Waals surface area contributed by atoms with Crippen LogP contribution in [-0.2, 0) is 11.2 Å². The number of nitriles is 1. The van der Waals surface area contributed by atoms with E-state index in [1.165, 1.54) is 0 Å². The van der Waals surface area contributed by atoms with Crippen LogP contribution >= 0.6 is 0 Å². The van der Waals surface area contributed by atoms with Crippen molar-refractivity contribution in [2.24, 2.45) is 0 Å². The maximum Gasteiger partial charge on any atom is 0.338 e. The first kappa shape index (κ1) is 21.9. The van der Waals surface area contributed by atoms with Gasteiger partial charge < -0.3 is 14.1 Å². The smallest absolute Gasteiger partial charge is 0.338 e. The van der Waals surface area contributed by atoms with E-state index in [-0.39, 0.29) is 5.97 Å². The van der Waals surface area contributed by atoms with Crippen LogP contribution in [0.3, 0.4) is 0 Å². The van der Waals surface area contributed by atoms with Gasteiger partial charge in [-0.15, -0.1) is 0 Å². The summed E-state index contributed by atoms with van der Waals surface area (Å²) in [6.07, 6.45) is 2.33. The quantitative estimate of drug-likeness (QED) is 0.228. The van der Waals surface area contributed by atoms with Crippen LogP contribution in [0.25, 0.3) is 34.0 Å². The highest BCUT2D eigenvalue weighted by Crippen LogP contribution is 2.26. The highest BCUT2D eigenvalue weighted by Gasteiger charge is 2.11. The summed E-state index contributed by atoms with van der Waals surface area (Å²) in [5.74, 6) is 1.28. The third kappa shape index (κ3) is 5.05. The van der Waals surface area contributed by atoms with Crippen LogP contribution < -0.4 is 0 Å². The van der Waals surface area contributed by atoms with E-state index in [0.717, 1.165) is 22.2 Å². The lowest BCUT2D eigenvalue weighted by molar-refractivity contribution is 0.0509. The van der Waals surface area contributed by atoms with Gasteiger partial charge >= 0.3 is 5.97 Å². The SMILES string of the molecule is N#C/C(=C/c1ccc(-c2ccc(C(=O)OCCc3ccccc3)cc2)o1)c1nc2ccccc2[nH]1. The second-order valence-electron chi connectivity index (χ2n) is 7.92. The predicted octanol–water partition coefficient (Wildman–Crippen LogP) is 6.29. The van der Waals surface area contributed by atoms with Gasteiger partial charge in [-0.1, -0.05) is 54.6 Å². The Balaban J connectivity index is 1.26. The van der Waals surface area contributed by atoms with Gasteiger partial charge in [0.05, 0.1) is 28.8 Å². The second-order valence-corrected chi connectivity index (χ2v) is 7.92. The van der Waals surface area contributed by atoms with Crippen LogP contribution in [0.4, 0.5) is 0 Å². The lowest BCUT2D eigenvalue weighted by atomic mass is 10.1. The molecule has 0 radical (unpaired) electrons. The maximum absolute atomic E-state index is 12.3. The molecule has 0 unspecified atom stereocenters. The van der Waals surface area contributed by atoms with Gasteiger partial charge in [0.1, 0.15) is 23.4 Å². The molecule has 0 aliphatic heterocycles. The van der Waals surface area contributed by atoms with Crippen LogP contribution in [0.1, 0.15) is 27.5 Å². The molecule has 0 fully saturated rings. The molecule has 2 heterocycles. The van der Waals surface area contributed by atoms with Gasteiger partial charge in [0, 0.05) is 18.1 Å². The minimum Gasteiger partial charge on any atom is -0.462 e. The summed E-state index contributed by atoms with van der Waals surface area (Å²) in [4.78, 5) is 20.0.